The second kappa shape index (κ2) is 9.87. The minimum atomic E-state index is 0. The maximum absolute atomic E-state index is 4.71. The maximum Gasteiger partial charge on any atom is 0.191 e. The highest BCUT2D eigenvalue weighted by Gasteiger charge is 2.33. The monoisotopic (exact) mass is 408 g/mol. The summed E-state index contributed by atoms with van der Waals surface area (Å²) < 4.78 is 0. The fourth-order valence-electron chi connectivity index (χ4n) is 2.97. The highest BCUT2D eigenvalue weighted by Crippen LogP contribution is 2.28. The zero-order valence-electron chi connectivity index (χ0n) is 13.9. The predicted molar refractivity (Wildman–Crippen MR) is 102 cm³/mol. The lowest BCUT2D eigenvalue weighted by Gasteiger charge is -2.33. The van der Waals surface area contributed by atoms with Gasteiger partial charge in [0.25, 0.3) is 0 Å². The molecule has 2 aliphatic rings. The van der Waals surface area contributed by atoms with E-state index >= 15 is 0 Å². The molecule has 2 N–H and O–H groups in total. The Morgan fingerprint density at radius 3 is 2.67 bits per heavy atom. The summed E-state index contributed by atoms with van der Waals surface area (Å²) in [6, 6.07) is 1.42. The molecule has 0 amide bonds. The van der Waals surface area contributed by atoms with Crippen molar-refractivity contribution in [1.82, 2.24) is 15.5 Å². The summed E-state index contributed by atoms with van der Waals surface area (Å²) >= 11 is 0. The van der Waals surface area contributed by atoms with Gasteiger partial charge in [0.2, 0.25) is 0 Å². The largest absolute Gasteiger partial charge is 0.357 e. The van der Waals surface area contributed by atoms with E-state index < -0.39 is 0 Å². The molecule has 0 bridgehead atoms. The Morgan fingerprint density at radius 2 is 2.05 bits per heavy atom. The van der Waals surface area contributed by atoms with Crippen LogP contribution in [-0.4, -0.2) is 49.1 Å². The van der Waals surface area contributed by atoms with Crippen LogP contribution in [-0.2, 0) is 0 Å². The maximum atomic E-state index is 4.71. The average Bonchev–Trinajstić information content (AvgIpc) is 3.12. The van der Waals surface area contributed by atoms with Crippen LogP contribution in [0.25, 0.3) is 0 Å². The van der Waals surface area contributed by atoms with Gasteiger partial charge in [0.1, 0.15) is 0 Å². The number of piperidine rings is 1. The number of rotatable bonds is 6. The molecule has 2 rings (SSSR count). The van der Waals surface area contributed by atoms with Crippen LogP contribution in [0.4, 0.5) is 0 Å². The molecule has 1 aliphatic heterocycles. The second-order valence-electron chi connectivity index (χ2n) is 6.46. The summed E-state index contributed by atoms with van der Waals surface area (Å²) in [5.74, 6) is 1.82. The summed E-state index contributed by atoms with van der Waals surface area (Å²) in [6.45, 7) is 11.1. The molecule has 0 aromatic rings. The van der Waals surface area contributed by atoms with Crippen LogP contribution in [0.2, 0.25) is 0 Å². The van der Waals surface area contributed by atoms with Gasteiger partial charge in [-0.2, -0.15) is 0 Å². The van der Waals surface area contributed by atoms with E-state index in [-0.39, 0.29) is 24.0 Å². The van der Waals surface area contributed by atoms with Crippen LogP contribution in [0.15, 0.2) is 4.99 Å². The highest BCUT2D eigenvalue weighted by molar-refractivity contribution is 14.0. The molecule has 124 valence electrons. The predicted octanol–water partition coefficient (Wildman–Crippen LogP) is 2.83. The van der Waals surface area contributed by atoms with Crippen molar-refractivity contribution < 1.29 is 0 Å². The second-order valence-corrected chi connectivity index (χ2v) is 6.46. The SMILES string of the molecule is CCNC(=NCCCN1CCCCC1C)NC1CC1C.I. The van der Waals surface area contributed by atoms with Crippen molar-refractivity contribution in [3.63, 3.8) is 0 Å². The van der Waals surface area contributed by atoms with Crippen molar-refractivity contribution in [1.29, 1.82) is 0 Å². The standard InChI is InChI=1S/C16H32N4.HI/c1-4-17-16(19-15-12-13(15)2)18-9-7-11-20-10-6-5-8-14(20)3;/h13-15H,4-12H2,1-3H3,(H2,17,18,19);1H. The summed E-state index contributed by atoms with van der Waals surface area (Å²) in [5, 5.41) is 6.86. The van der Waals surface area contributed by atoms with Crippen molar-refractivity contribution in [2.45, 2.75) is 65.0 Å². The Kier molecular flexibility index (Phi) is 8.94. The lowest BCUT2D eigenvalue weighted by molar-refractivity contribution is 0.160. The molecule has 21 heavy (non-hydrogen) atoms. The van der Waals surface area contributed by atoms with Gasteiger partial charge in [0.05, 0.1) is 0 Å². The van der Waals surface area contributed by atoms with Gasteiger partial charge in [-0.1, -0.05) is 13.3 Å². The molecule has 4 nitrogen and oxygen atoms in total. The van der Waals surface area contributed by atoms with E-state index in [0.717, 1.165) is 31.0 Å². The smallest absolute Gasteiger partial charge is 0.191 e. The molecule has 5 heteroatoms. The number of guanidine groups is 1. The molecule has 3 unspecified atom stereocenters. The van der Waals surface area contributed by atoms with Crippen molar-refractivity contribution in [3.05, 3.63) is 0 Å². The number of nitrogens with one attached hydrogen (secondary N) is 2. The molecule has 0 spiro atoms. The topological polar surface area (TPSA) is 39.7 Å². The van der Waals surface area contributed by atoms with Crippen molar-refractivity contribution in [2.24, 2.45) is 10.9 Å². The molecule has 1 saturated heterocycles. The normalized spacial score (nSPS) is 29.7. The molecular formula is C16H33IN4. The van der Waals surface area contributed by atoms with E-state index in [9.17, 15) is 0 Å². The lowest BCUT2D eigenvalue weighted by Crippen LogP contribution is -2.40. The van der Waals surface area contributed by atoms with Crippen LogP contribution >= 0.6 is 24.0 Å². The minimum absolute atomic E-state index is 0. The number of likely N-dealkylation sites (tertiary alicyclic amines) is 1. The average molecular weight is 408 g/mol. The van der Waals surface area contributed by atoms with Crippen LogP contribution in [0.5, 0.6) is 0 Å². The van der Waals surface area contributed by atoms with Gasteiger partial charge in [-0.3, -0.25) is 4.99 Å². The Bertz CT molecular complexity index is 321. The van der Waals surface area contributed by atoms with Crippen LogP contribution < -0.4 is 10.6 Å². The molecule has 1 saturated carbocycles. The van der Waals surface area contributed by atoms with E-state index in [1.165, 1.54) is 45.2 Å². The van der Waals surface area contributed by atoms with E-state index in [2.05, 4.69) is 36.3 Å². The third kappa shape index (κ3) is 6.72. The van der Waals surface area contributed by atoms with Gasteiger partial charge in [0.15, 0.2) is 5.96 Å². The molecule has 2 fully saturated rings. The van der Waals surface area contributed by atoms with Gasteiger partial charge in [-0.25, -0.2) is 0 Å². The first-order valence-corrected chi connectivity index (χ1v) is 8.49. The van der Waals surface area contributed by atoms with E-state index in [1.807, 2.05) is 0 Å². The van der Waals surface area contributed by atoms with E-state index in [1.54, 1.807) is 0 Å². The Hall–Kier alpha value is -0.0400. The first-order chi connectivity index (χ1) is 9.70. The van der Waals surface area contributed by atoms with E-state index in [0.29, 0.717) is 6.04 Å². The fraction of sp³-hybridized carbons (Fsp3) is 0.938. The van der Waals surface area contributed by atoms with Crippen molar-refractivity contribution in [2.75, 3.05) is 26.2 Å². The molecular weight excluding hydrogens is 375 g/mol. The Morgan fingerprint density at radius 1 is 1.29 bits per heavy atom. The number of hydrogen-bond donors (Lipinski definition) is 2. The van der Waals surface area contributed by atoms with Crippen LogP contribution in [0.1, 0.15) is 52.9 Å². The van der Waals surface area contributed by atoms with Gasteiger partial charge < -0.3 is 15.5 Å². The zero-order valence-corrected chi connectivity index (χ0v) is 16.2. The number of halogens is 1. The summed E-state index contributed by atoms with van der Waals surface area (Å²) in [4.78, 5) is 7.33. The van der Waals surface area contributed by atoms with Crippen LogP contribution in [0.3, 0.4) is 0 Å². The lowest BCUT2D eigenvalue weighted by atomic mass is 10.0. The molecule has 1 aliphatic carbocycles. The van der Waals surface area contributed by atoms with Gasteiger partial charge >= 0.3 is 0 Å². The third-order valence-corrected chi connectivity index (χ3v) is 4.59. The number of nitrogens with zero attached hydrogens (tertiary/aromatic N) is 2. The van der Waals surface area contributed by atoms with Crippen molar-refractivity contribution in [3.8, 4) is 0 Å². The third-order valence-electron chi connectivity index (χ3n) is 4.59. The van der Waals surface area contributed by atoms with E-state index in [4.69, 9.17) is 4.99 Å². The first kappa shape index (κ1) is 19.0. The quantitative estimate of drug-likeness (QED) is 0.307. The van der Waals surface area contributed by atoms with Gasteiger partial charge in [-0.05, 0) is 52.0 Å². The van der Waals surface area contributed by atoms with Crippen LogP contribution in [0, 0.1) is 5.92 Å². The number of hydrogen-bond acceptors (Lipinski definition) is 2. The molecule has 0 aromatic heterocycles. The van der Waals surface area contributed by atoms with Crippen molar-refractivity contribution >= 4 is 29.9 Å². The van der Waals surface area contributed by atoms with Gasteiger partial charge in [0, 0.05) is 31.7 Å². The Labute approximate surface area is 147 Å². The molecule has 0 radical (unpaired) electrons. The highest BCUT2D eigenvalue weighted by atomic mass is 127. The van der Waals surface area contributed by atoms with Gasteiger partial charge in [-0.15, -0.1) is 24.0 Å². The molecule has 3 atom stereocenters. The molecule has 0 aromatic carbocycles. The Balaban J connectivity index is 0.00000220. The fourth-order valence-corrected chi connectivity index (χ4v) is 2.97. The summed E-state index contributed by atoms with van der Waals surface area (Å²) in [6.07, 6.45) is 6.60. The summed E-state index contributed by atoms with van der Waals surface area (Å²) in [5.41, 5.74) is 0. The number of aliphatic imine (C=N–C) groups is 1. The first-order valence-electron chi connectivity index (χ1n) is 8.49. The molecule has 1 heterocycles. The zero-order chi connectivity index (χ0) is 14.4. The minimum Gasteiger partial charge on any atom is -0.357 e. The summed E-state index contributed by atoms with van der Waals surface area (Å²) in [7, 11) is 0.